The van der Waals surface area contributed by atoms with Gasteiger partial charge in [0.1, 0.15) is 24.7 Å². The lowest BCUT2D eigenvalue weighted by Gasteiger charge is -2.08. The van der Waals surface area contributed by atoms with Gasteiger partial charge in [0.05, 0.1) is 13.0 Å². The molecule has 1 aromatic carbocycles. The lowest BCUT2D eigenvalue weighted by atomic mass is 10.2. The summed E-state index contributed by atoms with van der Waals surface area (Å²) in [6.45, 7) is 2.66. The van der Waals surface area contributed by atoms with Crippen LogP contribution in [0.5, 0.6) is 11.5 Å². The third-order valence-electron chi connectivity index (χ3n) is 3.86. The van der Waals surface area contributed by atoms with Gasteiger partial charge in [0.15, 0.2) is 11.6 Å². The number of aromatic nitrogens is 4. The fourth-order valence-corrected chi connectivity index (χ4v) is 2.38. The third kappa shape index (κ3) is 8.15. The number of carbonyl (C=O) groups is 2. The van der Waals surface area contributed by atoms with Crippen molar-refractivity contribution in [3.8, 4) is 11.5 Å². The molecule has 0 spiro atoms. The van der Waals surface area contributed by atoms with Crippen LogP contribution in [0, 0.1) is 0 Å². The number of aryl methyl sites for hydroxylation is 1. The predicted molar refractivity (Wildman–Crippen MR) is 100 cm³/mol. The zero-order valence-electron chi connectivity index (χ0n) is 16.0. The Labute approximate surface area is 163 Å². The van der Waals surface area contributed by atoms with Gasteiger partial charge in [-0.1, -0.05) is 26.2 Å². The van der Waals surface area contributed by atoms with Crippen molar-refractivity contribution >= 4 is 11.8 Å². The van der Waals surface area contributed by atoms with E-state index in [-0.39, 0.29) is 31.8 Å². The van der Waals surface area contributed by atoms with Gasteiger partial charge < -0.3 is 14.6 Å². The smallest absolute Gasteiger partial charge is 0.303 e. The van der Waals surface area contributed by atoms with Crippen molar-refractivity contribution in [1.29, 1.82) is 0 Å². The Hall–Kier alpha value is -2.97. The van der Waals surface area contributed by atoms with Crippen molar-refractivity contribution in [3.05, 3.63) is 30.1 Å². The monoisotopic (exact) mass is 390 g/mol. The molecule has 0 aliphatic rings. The minimum atomic E-state index is -0.936. The number of hydrogen-bond acceptors (Lipinski definition) is 7. The Morgan fingerprint density at radius 2 is 1.79 bits per heavy atom. The molecule has 1 aromatic heterocycles. The maximum atomic E-state index is 12.0. The van der Waals surface area contributed by atoms with Gasteiger partial charge in [-0.25, -0.2) is 0 Å². The number of rotatable bonds is 14. The molecule has 2 rings (SSSR count). The molecule has 0 atom stereocenters. The van der Waals surface area contributed by atoms with Gasteiger partial charge in [-0.05, 0) is 35.9 Å². The van der Waals surface area contributed by atoms with E-state index in [0.717, 1.165) is 17.0 Å². The first-order valence-corrected chi connectivity index (χ1v) is 9.42. The van der Waals surface area contributed by atoms with Crippen LogP contribution in [-0.4, -0.2) is 50.3 Å². The number of tetrazole rings is 1. The molecule has 1 heterocycles. The molecule has 9 heteroatoms. The van der Waals surface area contributed by atoms with Gasteiger partial charge in [-0.2, -0.15) is 4.80 Å². The van der Waals surface area contributed by atoms with Gasteiger partial charge in [-0.15, -0.1) is 10.2 Å². The maximum absolute atomic E-state index is 12.0. The SMILES string of the molecule is CCCCCCOc1ccc(OCC(=O)Cn2nnc(CCC(=O)O)n2)cc1. The van der Waals surface area contributed by atoms with Crippen LogP contribution in [0.3, 0.4) is 0 Å². The Balaban J connectivity index is 1.68. The van der Waals surface area contributed by atoms with Crippen LogP contribution in [-0.2, 0) is 22.6 Å². The lowest BCUT2D eigenvalue weighted by molar-refractivity contribution is -0.137. The normalized spacial score (nSPS) is 10.6. The second kappa shape index (κ2) is 11.7. The van der Waals surface area contributed by atoms with E-state index in [0.29, 0.717) is 18.2 Å². The van der Waals surface area contributed by atoms with Crippen LogP contribution in [0.1, 0.15) is 44.9 Å². The molecule has 0 aliphatic carbocycles. The van der Waals surface area contributed by atoms with Crippen molar-refractivity contribution in [2.75, 3.05) is 13.2 Å². The van der Waals surface area contributed by atoms with E-state index >= 15 is 0 Å². The van der Waals surface area contributed by atoms with E-state index in [1.165, 1.54) is 19.3 Å². The van der Waals surface area contributed by atoms with Crippen molar-refractivity contribution < 1.29 is 24.2 Å². The largest absolute Gasteiger partial charge is 0.494 e. The predicted octanol–water partition coefficient (Wildman–Crippen LogP) is 2.30. The fraction of sp³-hybridized carbons (Fsp3) is 0.526. The molecular weight excluding hydrogens is 364 g/mol. The standard InChI is InChI=1S/C19H26N4O5/c1-2-3-4-5-12-27-16-6-8-17(9-7-16)28-14-15(24)13-23-21-18(20-22-23)10-11-19(25)26/h6-9H,2-5,10-14H2,1H3,(H,25,26). The van der Waals surface area contributed by atoms with Crippen LogP contribution >= 0.6 is 0 Å². The number of ether oxygens (including phenoxy) is 2. The number of unbranched alkanes of at least 4 members (excludes halogenated alkanes) is 3. The van der Waals surface area contributed by atoms with Crippen molar-refractivity contribution in [2.24, 2.45) is 0 Å². The van der Waals surface area contributed by atoms with Crippen LogP contribution in [0.4, 0.5) is 0 Å². The van der Waals surface area contributed by atoms with E-state index in [1.807, 2.05) is 12.1 Å². The van der Waals surface area contributed by atoms with Crippen LogP contribution in [0.2, 0.25) is 0 Å². The molecule has 28 heavy (non-hydrogen) atoms. The number of ketones is 1. The van der Waals surface area contributed by atoms with Crippen molar-refractivity contribution in [3.63, 3.8) is 0 Å². The highest BCUT2D eigenvalue weighted by Gasteiger charge is 2.10. The molecule has 0 unspecified atom stereocenters. The summed E-state index contributed by atoms with van der Waals surface area (Å²) in [5.74, 6) is 0.477. The number of carboxylic acid groups (broad SMARTS) is 1. The summed E-state index contributed by atoms with van der Waals surface area (Å²) >= 11 is 0. The molecule has 1 N–H and O–H groups in total. The minimum absolute atomic E-state index is 0.0821. The molecule has 9 nitrogen and oxygen atoms in total. The highest BCUT2D eigenvalue weighted by molar-refractivity contribution is 5.79. The van der Waals surface area contributed by atoms with E-state index in [1.54, 1.807) is 12.1 Å². The Bertz CT molecular complexity index is 745. The number of aliphatic carboxylic acids is 1. The van der Waals surface area contributed by atoms with Gasteiger partial charge in [0.25, 0.3) is 0 Å². The first kappa shape index (κ1) is 21.3. The molecule has 2 aromatic rings. The zero-order chi connectivity index (χ0) is 20.2. The summed E-state index contributed by atoms with van der Waals surface area (Å²) in [5, 5.41) is 20.1. The van der Waals surface area contributed by atoms with Crippen molar-refractivity contribution in [1.82, 2.24) is 20.2 Å². The average Bonchev–Trinajstić information content (AvgIpc) is 3.13. The molecule has 0 bridgehead atoms. The molecular formula is C19H26N4O5. The lowest BCUT2D eigenvalue weighted by Crippen LogP contribution is -2.19. The summed E-state index contributed by atoms with van der Waals surface area (Å²) < 4.78 is 11.1. The first-order chi connectivity index (χ1) is 13.6. The number of carbonyl (C=O) groups excluding carboxylic acids is 1. The Morgan fingerprint density at radius 3 is 2.46 bits per heavy atom. The number of benzene rings is 1. The Kier molecular flexibility index (Phi) is 8.90. The Morgan fingerprint density at radius 1 is 1.07 bits per heavy atom. The van der Waals surface area contributed by atoms with Gasteiger partial charge in [-0.3, -0.25) is 9.59 Å². The zero-order valence-corrected chi connectivity index (χ0v) is 16.0. The first-order valence-electron chi connectivity index (χ1n) is 9.42. The number of hydrogen-bond donors (Lipinski definition) is 1. The van der Waals surface area contributed by atoms with Gasteiger partial charge >= 0.3 is 5.97 Å². The number of carboxylic acids is 1. The number of nitrogens with zero attached hydrogens (tertiary/aromatic N) is 4. The second-order valence-corrected chi connectivity index (χ2v) is 6.34. The minimum Gasteiger partial charge on any atom is -0.494 e. The van der Waals surface area contributed by atoms with Crippen LogP contribution in [0.25, 0.3) is 0 Å². The van der Waals surface area contributed by atoms with Gasteiger partial charge in [0, 0.05) is 6.42 Å². The average molecular weight is 390 g/mol. The fourth-order valence-electron chi connectivity index (χ4n) is 2.38. The summed E-state index contributed by atoms with van der Waals surface area (Å²) in [6, 6.07) is 7.14. The number of Topliss-reactive ketones (excluding diaryl/α,β-unsaturated/α-hetero) is 1. The molecule has 0 radical (unpaired) electrons. The van der Waals surface area contributed by atoms with Gasteiger partial charge in [0.2, 0.25) is 0 Å². The van der Waals surface area contributed by atoms with Crippen LogP contribution < -0.4 is 9.47 Å². The molecule has 152 valence electrons. The molecule has 0 fully saturated rings. The quantitative estimate of drug-likeness (QED) is 0.488. The van der Waals surface area contributed by atoms with Crippen molar-refractivity contribution in [2.45, 2.75) is 52.0 Å². The molecule has 0 saturated carbocycles. The third-order valence-corrected chi connectivity index (χ3v) is 3.86. The summed E-state index contributed by atoms with van der Waals surface area (Å²) in [6.07, 6.45) is 4.71. The van der Waals surface area contributed by atoms with Crippen LogP contribution in [0.15, 0.2) is 24.3 Å². The molecule has 0 saturated heterocycles. The molecule has 0 aliphatic heterocycles. The summed E-state index contributed by atoms with van der Waals surface area (Å²) in [4.78, 5) is 23.6. The van der Waals surface area contributed by atoms with E-state index < -0.39 is 5.97 Å². The molecule has 0 amide bonds. The second-order valence-electron chi connectivity index (χ2n) is 6.34. The topological polar surface area (TPSA) is 116 Å². The van der Waals surface area contributed by atoms with E-state index in [4.69, 9.17) is 14.6 Å². The van der Waals surface area contributed by atoms with E-state index in [9.17, 15) is 9.59 Å². The highest BCUT2D eigenvalue weighted by Crippen LogP contribution is 2.18. The highest BCUT2D eigenvalue weighted by atomic mass is 16.5. The summed E-state index contributed by atoms with van der Waals surface area (Å²) in [5.41, 5.74) is 0. The van der Waals surface area contributed by atoms with E-state index in [2.05, 4.69) is 22.3 Å². The summed E-state index contributed by atoms with van der Waals surface area (Å²) in [7, 11) is 0. The maximum Gasteiger partial charge on any atom is 0.303 e.